The van der Waals surface area contributed by atoms with E-state index in [4.69, 9.17) is 0 Å². The SMILES string of the molecule is CCN(c1nccn(C(C)(C)C)c1=O)C1CCCNC1. The highest BCUT2D eigenvalue weighted by molar-refractivity contribution is 5.37. The summed E-state index contributed by atoms with van der Waals surface area (Å²) in [6.45, 7) is 11.0. The molecule has 1 aliphatic heterocycles. The predicted octanol–water partition coefficient (Wildman–Crippen LogP) is 1.58. The maximum Gasteiger partial charge on any atom is 0.293 e. The van der Waals surface area contributed by atoms with Crippen molar-refractivity contribution in [1.29, 1.82) is 0 Å². The van der Waals surface area contributed by atoms with Gasteiger partial charge < -0.3 is 14.8 Å². The van der Waals surface area contributed by atoms with E-state index in [0.29, 0.717) is 11.9 Å². The molecule has 1 fully saturated rings. The molecule has 5 nitrogen and oxygen atoms in total. The zero-order chi connectivity index (χ0) is 14.8. The molecule has 1 unspecified atom stereocenters. The second-order valence-electron chi connectivity index (χ2n) is 6.38. The van der Waals surface area contributed by atoms with E-state index in [0.717, 1.165) is 32.5 Å². The van der Waals surface area contributed by atoms with Crippen molar-refractivity contribution in [3.63, 3.8) is 0 Å². The number of nitrogens with one attached hydrogen (secondary N) is 1. The molecule has 2 heterocycles. The molecular formula is C15H26N4O. The van der Waals surface area contributed by atoms with Gasteiger partial charge >= 0.3 is 0 Å². The molecule has 5 heteroatoms. The first-order chi connectivity index (χ1) is 9.45. The lowest BCUT2D eigenvalue weighted by Crippen LogP contribution is -2.49. The quantitative estimate of drug-likeness (QED) is 0.912. The summed E-state index contributed by atoms with van der Waals surface area (Å²) in [6, 6.07) is 0.366. The van der Waals surface area contributed by atoms with Gasteiger partial charge in [-0.2, -0.15) is 0 Å². The Hall–Kier alpha value is -1.36. The second kappa shape index (κ2) is 5.95. The third-order valence-corrected chi connectivity index (χ3v) is 3.87. The summed E-state index contributed by atoms with van der Waals surface area (Å²) in [5, 5.41) is 3.41. The lowest BCUT2D eigenvalue weighted by molar-refractivity contribution is 0.379. The molecule has 1 saturated heterocycles. The van der Waals surface area contributed by atoms with Crippen LogP contribution in [0.25, 0.3) is 0 Å². The zero-order valence-corrected chi connectivity index (χ0v) is 13.0. The van der Waals surface area contributed by atoms with Crippen LogP contribution in [-0.2, 0) is 5.54 Å². The van der Waals surface area contributed by atoms with E-state index in [1.165, 1.54) is 0 Å². The number of likely N-dealkylation sites (N-methyl/N-ethyl adjacent to an activating group) is 1. The van der Waals surface area contributed by atoms with Gasteiger partial charge in [0.25, 0.3) is 5.56 Å². The Morgan fingerprint density at radius 3 is 2.80 bits per heavy atom. The smallest absolute Gasteiger partial charge is 0.293 e. The lowest BCUT2D eigenvalue weighted by Gasteiger charge is -2.35. The Balaban J connectivity index is 2.37. The van der Waals surface area contributed by atoms with E-state index in [1.54, 1.807) is 17.0 Å². The summed E-state index contributed by atoms with van der Waals surface area (Å²) in [5.41, 5.74) is -0.216. The van der Waals surface area contributed by atoms with E-state index in [1.807, 2.05) is 20.8 Å². The fourth-order valence-corrected chi connectivity index (χ4v) is 2.81. The van der Waals surface area contributed by atoms with Crippen LogP contribution in [0.4, 0.5) is 5.82 Å². The lowest BCUT2D eigenvalue weighted by atomic mass is 10.1. The Bertz CT molecular complexity index is 497. The van der Waals surface area contributed by atoms with Gasteiger partial charge in [-0.15, -0.1) is 0 Å². The van der Waals surface area contributed by atoms with Crippen molar-refractivity contribution in [2.75, 3.05) is 24.5 Å². The number of anilines is 1. The van der Waals surface area contributed by atoms with Crippen molar-refractivity contribution in [3.05, 3.63) is 22.7 Å². The van der Waals surface area contributed by atoms with Crippen LogP contribution >= 0.6 is 0 Å². The van der Waals surface area contributed by atoms with Crippen LogP contribution in [0, 0.1) is 0 Å². The average Bonchev–Trinajstić information content (AvgIpc) is 2.41. The molecule has 1 atom stereocenters. The normalized spacial score (nSPS) is 19.9. The van der Waals surface area contributed by atoms with E-state index in [2.05, 4.69) is 22.1 Å². The summed E-state index contributed by atoms with van der Waals surface area (Å²) in [6.07, 6.45) is 5.79. The first-order valence-electron chi connectivity index (χ1n) is 7.50. The van der Waals surface area contributed by atoms with Crippen LogP contribution in [0.5, 0.6) is 0 Å². The molecule has 0 aromatic carbocycles. The Morgan fingerprint density at radius 1 is 1.50 bits per heavy atom. The molecule has 1 N–H and O–H groups in total. The number of rotatable bonds is 3. The minimum absolute atomic E-state index is 0.00687. The number of aromatic nitrogens is 2. The second-order valence-corrected chi connectivity index (χ2v) is 6.38. The van der Waals surface area contributed by atoms with Crippen LogP contribution in [0.3, 0.4) is 0 Å². The molecule has 1 aromatic rings. The highest BCUT2D eigenvalue weighted by atomic mass is 16.1. The van der Waals surface area contributed by atoms with Crippen LogP contribution in [0.15, 0.2) is 17.2 Å². The molecule has 0 saturated carbocycles. The minimum atomic E-state index is -0.223. The van der Waals surface area contributed by atoms with Gasteiger partial charge in [-0.3, -0.25) is 4.79 Å². The fourth-order valence-electron chi connectivity index (χ4n) is 2.81. The summed E-state index contributed by atoms with van der Waals surface area (Å²) >= 11 is 0. The average molecular weight is 278 g/mol. The first-order valence-corrected chi connectivity index (χ1v) is 7.50. The number of piperidine rings is 1. The van der Waals surface area contributed by atoms with Gasteiger partial charge in [-0.1, -0.05) is 0 Å². The molecule has 0 spiro atoms. The van der Waals surface area contributed by atoms with Crippen LogP contribution < -0.4 is 15.8 Å². The Labute approximate surface area is 121 Å². The Morgan fingerprint density at radius 2 is 2.25 bits per heavy atom. The van der Waals surface area contributed by atoms with Crippen molar-refractivity contribution >= 4 is 5.82 Å². The highest BCUT2D eigenvalue weighted by Crippen LogP contribution is 2.17. The maximum atomic E-state index is 12.7. The van der Waals surface area contributed by atoms with Crippen molar-refractivity contribution in [1.82, 2.24) is 14.9 Å². The molecule has 0 radical (unpaired) electrons. The van der Waals surface area contributed by atoms with Crippen LogP contribution in [0.1, 0.15) is 40.5 Å². The molecule has 20 heavy (non-hydrogen) atoms. The predicted molar refractivity (Wildman–Crippen MR) is 82.4 cm³/mol. The Kier molecular flexibility index (Phi) is 4.48. The monoisotopic (exact) mass is 278 g/mol. The van der Waals surface area contributed by atoms with Gasteiger partial charge in [0, 0.05) is 37.1 Å². The van der Waals surface area contributed by atoms with Crippen LogP contribution in [-0.4, -0.2) is 35.2 Å². The van der Waals surface area contributed by atoms with Crippen molar-refractivity contribution < 1.29 is 0 Å². The molecule has 0 aliphatic carbocycles. The van der Waals surface area contributed by atoms with Gasteiger partial charge in [0.1, 0.15) is 0 Å². The standard InChI is InChI=1S/C15H26N4O/c1-5-18(12-7-6-8-16-11-12)13-14(20)19(10-9-17-13)15(2,3)4/h9-10,12,16H,5-8,11H2,1-4H3. The molecule has 2 rings (SSSR count). The van der Waals surface area contributed by atoms with Gasteiger partial charge in [-0.25, -0.2) is 4.98 Å². The third-order valence-electron chi connectivity index (χ3n) is 3.87. The minimum Gasteiger partial charge on any atom is -0.348 e. The highest BCUT2D eigenvalue weighted by Gasteiger charge is 2.25. The fraction of sp³-hybridized carbons (Fsp3) is 0.733. The zero-order valence-electron chi connectivity index (χ0n) is 13.0. The van der Waals surface area contributed by atoms with Crippen molar-refractivity contribution in [2.45, 2.75) is 52.1 Å². The first kappa shape index (κ1) is 15.0. The number of hydrogen-bond donors (Lipinski definition) is 1. The van der Waals surface area contributed by atoms with Crippen LogP contribution in [0.2, 0.25) is 0 Å². The van der Waals surface area contributed by atoms with Crippen molar-refractivity contribution in [3.8, 4) is 0 Å². The van der Waals surface area contributed by atoms with E-state index >= 15 is 0 Å². The van der Waals surface area contributed by atoms with E-state index < -0.39 is 0 Å². The van der Waals surface area contributed by atoms with Gasteiger partial charge in [0.2, 0.25) is 0 Å². The summed E-state index contributed by atoms with van der Waals surface area (Å²) in [4.78, 5) is 19.2. The molecule has 0 amide bonds. The maximum absolute atomic E-state index is 12.7. The van der Waals surface area contributed by atoms with Gasteiger partial charge in [0.05, 0.1) is 0 Å². The third kappa shape index (κ3) is 3.03. The number of nitrogens with zero attached hydrogens (tertiary/aromatic N) is 3. The molecule has 1 aliphatic rings. The summed E-state index contributed by atoms with van der Waals surface area (Å²) < 4.78 is 1.77. The summed E-state index contributed by atoms with van der Waals surface area (Å²) in [5.74, 6) is 0.582. The molecular weight excluding hydrogens is 252 g/mol. The van der Waals surface area contributed by atoms with Gasteiger partial charge in [0.15, 0.2) is 5.82 Å². The van der Waals surface area contributed by atoms with Crippen molar-refractivity contribution in [2.24, 2.45) is 0 Å². The van der Waals surface area contributed by atoms with Gasteiger partial charge in [-0.05, 0) is 47.1 Å². The molecule has 0 bridgehead atoms. The summed E-state index contributed by atoms with van der Waals surface area (Å²) in [7, 11) is 0. The largest absolute Gasteiger partial charge is 0.348 e. The van der Waals surface area contributed by atoms with E-state index in [-0.39, 0.29) is 11.1 Å². The topological polar surface area (TPSA) is 50.2 Å². The molecule has 112 valence electrons. The molecule has 1 aromatic heterocycles. The van der Waals surface area contributed by atoms with E-state index in [9.17, 15) is 4.79 Å². The number of hydrogen-bond acceptors (Lipinski definition) is 4.